The number of furan rings is 1. The number of carbonyl (C=O) groups excluding carboxylic acids is 2. The van der Waals surface area contributed by atoms with Gasteiger partial charge in [-0.2, -0.15) is 0 Å². The lowest BCUT2D eigenvalue weighted by Gasteiger charge is -2.34. The second kappa shape index (κ2) is 9.60. The molecule has 1 aliphatic heterocycles. The van der Waals surface area contributed by atoms with E-state index in [1.54, 1.807) is 31.4 Å². The molecule has 0 aliphatic carbocycles. The number of hydrogen-bond donors (Lipinski definition) is 2. The molecular formula is C25H27N3O4. The number of amides is 2. The third kappa shape index (κ3) is 4.94. The minimum absolute atomic E-state index is 0.111. The average Bonchev–Trinajstić information content (AvgIpc) is 3.36. The largest absolute Gasteiger partial charge is 0.497 e. The van der Waals surface area contributed by atoms with E-state index in [2.05, 4.69) is 27.7 Å². The standard InChI is InChI=1S/C25H27N3O4/c1-17-5-6-18(16-22(17)27-25(30)23-4-3-15-32-23)24(29)26-19-11-13-28(14-12-19)20-7-9-21(31-2)10-8-20/h3-10,15-16,19H,11-14H2,1-2H3,(H,26,29)(H,27,30). The predicted octanol–water partition coefficient (Wildman–Crippen LogP) is 4.25. The third-order valence-electron chi connectivity index (χ3n) is 5.76. The smallest absolute Gasteiger partial charge is 0.291 e. The first-order valence-electron chi connectivity index (χ1n) is 10.7. The molecule has 166 valence electrons. The quantitative estimate of drug-likeness (QED) is 0.607. The van der Waals surface area contributed by atoms with Gasteiger partial charge in [0.05, 0.1) is 13.4 Å². The van der Waals surface area contributed by atoms with Crippen molar-refractivity contribution in [2.45, 2.75) is 25.8 Å². The molecule has 7 nitrogen and oxygen atoms in total. The van der Waals surface area contributed by atoms with E-state index in [1.165, 1.54) is 6.26 Å². The molecule has 2 heterocycles. The molecule has 0 atom stereocenters. The van der Waals surface area contributed by atoms with Crippen LogP contribution in [-0.2, 0) is 0 Å². The molecule has 2 amide bonds. The van der Waals surface area contributed by atoms with Crippen LogP contribution >= 0.6 is 0 Å². The predicted molar refractivity (Wildman–Crippen MR) is 124 cm³/mol. The van der Waals surface area contributed by atoms with Crippen LogP contribution in [-0.4, -0.2) is 38.1 Å². The summed E-state index contributed by atoms with van der Waals surface area (Å²) in [5, 5.41) is 5.95. The van der Waals surface area contributed by atoms with Crippen molar-refractivity contribution < 1.29 is 18.7 Å². The second-order valence-electron chi connectivity index (χ2n) is 7.89. The zero-order chi connectivity index (χ0) is 22.5. The fourth-order valence-electron chi connectivity index (χ4n) is 3.83. The molecule has 0 unspecified atom stereocenters. The van der Waals surface area contributed by atoms with E-state index < -0.39 is 0 Å². The number of anilines is 2. The molecule has 4 rings (SSSR count). The lowest BCUT2D eigenvalue weighted by Crippen LogP contribution is -2.44. The summed E-state index contributed by atoms with van der Waals surface area (Å²) in [7, 11) is 1.66. The molecule has 0 spiro atoms. The van der Waals surface area contributed by atoms with Crippen LogP contribution in [0.25, 0.3) is 0 Å². The monoisotopic (exact) mass is 433 g/mol. The number of piperidine rings is 1. The summed E-state index contributed by atoms with van der Waals surface area (Å²) in [6.45, 7) is 3.62. The van der Waals surface area contributed by atoms with Crippen LogP contribution in [0.4, 0.5) is 11.4 Å². The SMILES string of the molecule is COc1ccc(N2CCC(NC(=O)c3ccc(C)c(NC(=O)c4ccco4)c3)CC2)cc1. The van der Waals surface area contributed by atoms with Crippen molar-refractivity contribution >= 4 is 23.2 Å². The van der Waals surface area contributed by atoms with E-state index in [4.69, 9.17) is 9.15 Å². The Morgan fingerprint density at radius 3 is 2.44 bits per heavy atom. The maximum atomic E-state index is 12.8. The number of carbonyl (C=O) groups is 2. The van der Waals surface area contributed by atoms with Gasteiger partial charge in [-0.05, 0) is 73.9 Å². The maximum absolute atomic E-state index is 12.8. The number of aryl methyl sites for hydroxylation is 1. The van der Waals surface area contributed by atoms with Gasteiger partial charge >= 0.3 is 0 Å². The van der Waals surface area contributed by atoms with Gasteiger partial charge in [-0.3, -0.25) is 9.59 Å². The summed E-state index contributed by atoms with van der Waals surface area (Å²) in [5.41, 5.74) is 3.14. The number of ether oxygens (including phenoxy) is 1. The van der Waals surface area contributed by atoms with Gasteiger partial charge in [0.2, 0.25) is 0 Å². The first-order valence-corrected chi connectivity index (χ1v) is 10.7. The summed E-state index contributed by atoms with van der Waals surface area (Å²) in [4.78, 5) is 27.5. The number of benzene rings is 2. The molecule has 1 aliphatic rings. The van der Waals surface area contributed by atoms with Gasteiger partial charge in [0, 0.05) is 36.1 Å². The minimum atomic E-state index is -0.346. The molecule has 1 aromatic heterocycles. The Morgan fingerprint density at radius 2 is 1.78 bits per heavy atom. The van der Waals surface area contributed by atoms with Crippen LogP contribution in [0.3, 0.4) is 0 Å². The van der Waals surface area contributed by atoms with Crippen molar-refractivity contribution in [2.75, 3.05) is 30.4 Å². The Hall–Kier alpha value is -3.74. The van der Waals surface area contributed by atoms with Gasteiger partial charge in [-0.25, -0.2) is 0 Å². The molecule has 7 heteroatoms. The van der Waals surface area contributed by atoms with Crippen LogP contribution in [0.1, 0.15) is 39.3 Å². The summed E-state index contributed by atoms with van der Waals surface area (Å²) in [5.74, 6) is 0.583. The molecule has 32 heavy (non-hydrogen) atoms. The van der Waals surface area contributed by atoms with Gasteiger partial charge < -0.3 is 24.7 Å². The van der Waals surface area contributed by atoms with Crippen LogP contribution in [0.15, 0.2) is 65.3 Å². The Morgan fingerprint density at radius 1 is 1.03 bits per heavy atom. The normalized spacial score (nSPS) is 14.1. The highest BCUT2D eigenvalue weighted by molar-refractivity contribution is 6.04. The summed E-state index contributed by atoms with van der Waals surface area (Å²) in [6.07, 6.45) is 3.18. The number of methoxy groups -OCH3 is 1. The highest BCUT2D eigenvalue weighted by Gasteiger charge is 2.22. The van der Waals surface area contributed by atoms with E-state index in [-0.39, 0.29) is 23.6 Å². The van der Waals surface area contributed by atoms with Crippen molar-refractivity contribution in [3.63, 3.8) is 0 Å². The lowest BCUT2D eigenvalue weighted by atomic mass is 10.0. The summed E-state index contributed by atoms with van der Waals surface area (Å²) in [6, 6.07) is 16.7. The third-order valence-corrected chi connectivity index (χ3v) is 5.76. The Kier molecular flexibility index (Phi) is 6.44. The Bertz CT molecular complexity index is 1070. The van der Waals surface area contributed by atoms with Crippen LogP contribution < -0.4 is 20.3 Å². The average molecular weight is 434 g/mol. The highest BCUT2D eigenvalue weighted by Crippen LogP contribution is 2.23. The summed E-state index contributed by atoms with van der Waals surface area (Å²) >= 11 is 0. The lowest BCUT2D eigenvalue weighted by molar-refractivity contribution is 0.0929. The fraction of sp³-hybridized carbons (Fsp3) is 0.280. The van der Waals surface area contributed by atoms with Crippen LogP contribution in [0, 0.1) is 6.92 Å². The number of nitrogens with one attached hydrogen (secondary N) is 2. The van der Waals surface area contributed by atoms with Gasteiger partial charge in [0.1, 0.15) is 5.75 Å². The number of nitrogens with zero attached hydrogens (tertiary/aromatic N) is 1. The molecule has 3 aromatic rings. The van der Waals surface area contributed by atoms with Crippen molar-refractivity contribution in [1.82, 2.24) is 5.32 Å². The van der Waals surface area contributed by atoms with E-state index in [1.807, 2.05) is 25.1 Å². The van der Waals surface area contributed by atoms with Gasteiger partial charge in [-0.15, -0.1) is 0 Å². The van der Waals surface area contributed by atoms with Gasteiger partial charge in [0.25, 0.3) is 11.8 Å². The molecule has 2 N–H and O–H groups in total. The molecule has 0 bridgehead atoms. The second-order valence-corrected chi connectivity index (χ2v) is 7.89. The zero-order valence-electron chi connectivity index (χ0n) is 18.3. The minimum Gasteiger partial charge on any atom is -0.497 e. The number of rotatable bonds is 6. The van der Waals surface area contributed by atoms with Crippen molar-refractivity contribution in [3.05, 3.63) is 77.7 Å². The highest BCUT2D eigenvalue weighted by atomic mass is 16.5. The molecular weight excluding hydrogens is 406 g/mol. The molecule has 1 fully saturated rings. The maximum Gasteiger partial charge on any atom is 0.291 e. The molecule has 0 saturated carbocycles. The van der Waals surface area contributed by atoms with Crippen molar-refractivity contribution in [3.8, 4) is 5.75 Å². The van der Waals surface area contributed by atoms with E-state index >= 15 is 0 Å². The van der Waals surface area contributed by atoms with E-state index in [9.17, 15) is 9.59 Å². The van der Waals surface area contributed by atoms with E-state index in [0.29, 0.717) is 11.3 Å². The van der Waals surface area contributed by atoms with Crippen molar-refractivity contribution in [2.24, 2.45) is 0 Å². The summed E-state index contributed by atoms with van der Waals surface area (Å²) < 4.78 is 10.4. The molecule has 1 saturated heterocycles. The Labute approximate surface area is 187 Å². The van der Waals surface area contributed by atoms with Gasteiger partial charge in [-0.1, -0.05) is 6.07 Å². The van der Waals surface area contributed by atoms with Crippen LogP contribution in [0.5, 0.6) is 5.75 Å². The Balaban J connectivity index is 1.34. The van der Waals surface area contributed by atoms with E-state index in [0.717, 1.165) is 42.9 Å². The van der Waals surface area contributed by atoms with Crippen molar-refractivity contribution in [1.29, 1.82) is 0 Å². The number of hydrogen-bond acceptors (Lipinski definition) is 5. The first kappa shape index (κ1) is 21.5. The topological polar surface area (TPSA) is 83.8 Å². The van der Waals surface area contributed by atoms with Crippen LogP contribution in [0.2, 0.25) is 0 Å². The fourth-order valence-corrected chi connectivity index (χ4v) is 3.83. The first-order chi connectivity index (χ1) is 15.5. The molecule has 2 aromatic carbocycles. The zero-order valence-corrected chi connectivity index (χ0v) is 18.3. The molecule has 0 radical (unpaired) electrons. The van der Waals surface area contributed by atoms with Gasteiger partial charge in [0.15, 0.2) is 5.76 Å².